The third-order valence-electron chi connectivity index (χ3n) is 2.74. The zero-order valence-electron chi connectivity index (χ0n) is 11.4. The van der Waals surface area contributed by atoms with Gasteiger partial charge in [0.2, 0.25) is 0 Å². The van der Waals surface area contributed by atoms with Crippen LogP contribution in [-0.2, 0) is 12.3 Å². The van der Waals surface area contributed by atoms with Gasteiger partial charge in [-0.05, 0) is 6.07 Å². The fourth-order valence-corrected chi connectivity index (χ4v) is 2.66. The van der Waals surface area contributed by atoms with Crippen LogP contribution < -0.4 is 4.74 Å². The number of hydrogen-bond acceptors (Lipinski definition) is 6. The smallest absolute Gasteiger partial charge is 0.270 e. The molecule has 0 aliphatic rings. The molecule has 1 aromatic carbocycles. The monoisotopic (exact) mass is 306 g/mol. The fourth-order valence-electron chi connectivity index (χ4n) is 1.75. The molecule has 21 heavy (non-hydrogen) atoms. The Labute approximate surface area is 125 Å². The molecule has 0 unspecified atom stereocenters. The molecule has 8 heteroatoms. The van der Waals surface area contributed by atoms with Gasteiger partial charge in [-0.2, -0.15) is 0 Å². The van der Waals surface area contributed by atoms with Crippen molar-refractivity contribution in [2.45, 2.75) is 17.5 Å². The molecule has 0 amide bonds. The summed E-state index contributed by atoms with van der Waals surface area (Å²) in [6, 6.07) is 4.54. The Bertz CT molecular complexity index is 657. The highest BCUT2D eigenvalue weighted by Gasteiger charge is 2.13. The second-order valence-electron chi connectivity index (χ2n) is 4.10. The summed E-state index contributed by atoms with van der Waals surface area (Å²) in [7, 11) is 1.54. The van der Waals surface area contributed by atoms with E-state index in [1.807, 2.05) is 4.57 Å². The van der Waals surface area contributed by atoms with Gasteiger partial charge in [-0.25, -0.2) is 0 Å². The van der Waals surface area contributed by atoms with Crippen LogP contribution in [0.1, 0.15) is 5.56 Å². The van der Waals surface area contributed by atoms with Crippen LogP contribution in [0.5, 0.6) is 5.75 Å². The van der Waals surface area contributed by atoms with Crippen molar-refractivity contribution < 1.29 is 9.66 Å². The molecule has 2 rings (SSSR count). The molecule has 0 spiro atoms. The number of thioether (sulfide) groups is 1. The Hall–Kier alpha value is -2.35. The van der Waals surface area contributed by atoms with Crippen molar-refractivity contribution in [3.05, 3.63) is 52.9 Å². The Morgan fingerprint density at radius 1 is 1.57 bits per heavy atom. The minimum absolute atomic E-state index is 0.0407. The van der Waals surface area contributed by atoms with E-state index in [-0.39, 0.29) is 5.69 Å². The molecule has 7 nitrogen and oxygen atoms in total. The van der Waals surface area contributed by atoms with Crippen molar-refractivity contribution >= 4 is 17.4 Å². The molecule has 2 aromatic rings. The molecule has 0 fully saturated rings. The maximum atomic E-state index is 10.8. The molecule has 0 atom stereocenters. The minimum atomic E-state index is -0.423. The number of hydrogen-bond donors (Lipinski definition) is 0. The number of nitrogens with zero attached hydrogens (tertiary/aromatic N) is 4. The van der Waals surface area contributed by atoms with E-state index in [1.54, 1.807) is 18.5 Å². The fraction of sp³-hybridized carbons (Fsp3) is 0.231. The molecular weight excluding hydrogens is 292 g/mol. The molecule has 1 aromatic heterocycles. The highest BCUT2D eigenvalue weighted by molar-refractivity contribution is 7.98. The van der Waals surface area contributed by atoms with E-state index >= 15 is 0 Å². The Morgan fingerprint density at radius 2 is 2.38 bits per heavy atom. The summed E-state index contributed by atoms with van der Waals surface area (Å²) in [5, 5.41) is 19.4. The molecule has 0 saturated carbocycles. The maximum absolute atomic E-state index is 10.8. The Balaban J connectivity index is 2.18. The molecule has 0 saturated heterocycles. The third-order valence-corrected chi connectivity index (χ3v) is 3.77. The maximum Gasteiger partial charge on any atom is 0.270 e. The van der Waals surface area contributed by atoms with Crippen LogP contribution in [0.4, 0.5) is 5.69 Å². The summed E-state index contributed by atoms with van der Waals surface area (Å²) in [6.45, 7) is 4.29. The van der Waals surface area contributed by atoms with Crippen LogP contribution in [0.3, 0.4) is 0 Å². The van der Waals surface area contributed by atoms with Crippen LogP contribution in [-0.4, -0.2) is 26.8 Å². The lowest BCUT2D eigenvalue weighted by molar-refractivity contribution is -0.384. The highest BCUT2D eigenvalue weighted by Crippen LogP contribution is 2.29. The quantitative estimate of drug-likeness (QED) is 0.338. The van der Waals surface area contributed by atoms with E-state index in [0.717, 1.165) is 10.7 Å². The van der Waals surface area contributed by atoms with E-state index in [9.17, 15) is 10.1 Å². The van der Waals surface area contributed by atoms with Crippen LogP contribution in [0, 0.1) is 10.1 Å². The summed E-state index contributed by atoms with van der Waals surface area (Å²) >= 11 is 1.44. The average molecular weight is 306 g/mol. The number of nitro benzene ring substituents is 1. The SMILES string of the molecule is C=CCn1cnnc1SCc1cc([N+](=O)[O-])ccc1OC. The van der Waals surface area contributed by atoms with E-state index in [1.165, 1.54) is 31.0 Å². The first-order chi connectivity index (χ1) is 10.2. The average Bonchev–Trinajstić information content (AvgIpc) is 2.92. The predicted molar refractivity (Wildman–Crippen MR) is 79.4 cm³/mol. The van der Waals surface area contributed by atoms with Gasteiger partial charge in [0.1, 0.15) is 12.1 Å². The summed E-state index contributed by atoms with van der Waals surface area (Å²) in [5.74, 6) is 1.11. The lowest BCUT2D eigenvalue weighted by atomic mass is 10.2. The largest absolute Gasteiger partial charge is 0.496 e. The number of non-ortho nitro benzene ring substituents is 1. The summed E-state index contributed by atoms with van der Waals surface area (Å²) < 4.78 is 7.08. The van der Waals surface area contributed by atoms with Gasteiger partial charge < -0.3 is 9.30 Å². The first-order valence-corrected chi connectivity index (χ1v) is 7.07. The van der Waals surface area contributed by atoms with Crippen LogP contribution in [0.15, 0.2) is 42.3 Å². The molecule has 0 bridgehead atoms. The second-order valence-corrected chi connectivity index (χ2v) is 5.04. The molecule has 0 radical (unpaired) electrons. The molecular formula is C13H14N4O3S. The van der Waals surface area contributed by atoms with Crippen LogP contribution in [0.25, 0.3) is 0 Å². The summed E-state index contributed by atoms with van der Waals surface area (Å²) in [5.41, 5.74) is 0.781. The topological polar surface area (TPSA) is 83.1 Å². The molecule has 0 N–H and O–H groups in total. The van der Waals surface area contributed by atoms with Gasteiger partial charge in [0.05, 0.1) is 12.0 Å². The van der Waals surface area contributed by atoms with E-state index in [0.29, 0.717) is 18.0 Å². The van der Waals surface area contributed by atoms with Crippen LogP contribution in [0.2, 0.25) is 0 Å². The number of allylic oxidation sites excluding steroid dienone is 1. The summed E-state index contributed by atoms with van der Waals surface area (Å²) in [6.07, 6.45) is 3.37. The Kier molecular flexibility index (Phi) is 4.94. The molecule has 1 heterocycles. The lowest BCUT2D eigenvalue weighted by Crippen LogP contribution is -1.97. The Morgan fingerprint density at radius 3 is 3.05 bits per heavy atom. The van der Waals surface area contributed by atoms with Crippen molar-refractivity contribution in [3.63, 3.8) is 0 Å². The molecule has 0 aliphatic heterocycles. The molecule has 0 aliphatic carbocycles. The van der Waals surface area contributed by atoms with Gasteiger partial charge in [-0.15, -0.1) is 16.8 Å². The van der Waals surface area contributed by atoms with E-state index in [4.69, 9.17) is 4.74 Å². The van der Waals surface area contributed by atoms with Crippen molar-refractivity contribution in [3.8, 4) is 5.75 Å². The zero-order chi connectivity index (χ0) is 15.2. The van der Waals surface area contributed by atoms with Crippen molar-refractivity contribution in [2.75, 3.05) is 7.11 Å². The van der Waals surface area contributed by atoms with Gasteiger partial charge >= 0.3 is 0 Å². The van der Waals surface area contributed by atoms with Crippen LogP contribution >= 0.6 is 11.8 Å². The lowest BCUT2D eigenvalue weighted by Gasteiger charge is -2.08. The van der Waals surface area contributed by atoms with Gasteiger partial charge in [0.15, 0.2) is 5.16 Å². The normalized spacial score (nSPS) is 10.3. The number of rotatable bonds is 7. The molecule has 110 valence electrons. The second kappa shape index (κ2) is 6.89. The van der Waals surface area contributed by atoms with Gasteiger partial charge in [0.25, 0.3) is 5.69 Å². The van der Waals surface area contributed by atoms with Gasteiger partial charge in [-0.3, -0.25) is 10.1 Å². The first-order valence-electron chi connectivity index (χ1n) is 6.08. The van der Waals surface area contributed by atoms with E-state index < -0.39 is 4.92 Å². The van der Waals surface area contributed by atoms with Gasteiger partial charge in [0, 0.05) is 30.0 Å². The number of methoxy groups -OCH3 is 1. The van der Waals surface area contributed by atoms with Gasteiger partial charge in [-0.1, -0.05) is 17.8 Å². The van der Waals surface area contributed by atoms with Crippen molar-refractivity contribution in [2.24, 2.45) is 0 Å². The third kappa shape index (κ3) is 3.60. The zero-order valence-corrected chi connectivity index (χ0v) is 12.2. The van der Waals surface area contributed by atoms with E-state index in [2.05, 4.69) is 16.8 Å². The number of nitro groups is 1. The summed E-state index contributed by atoms with van der Waals surface area (Å²) in [4.78, 5) is 10.4. The number of benzene rings is 1. The van der Waals surface area contributed by atoms with Crippen molar-refractivity contribution in [1.29, 1.82) is 0 Å². The first kappa shape index (κ1) is 15.0. The number of aromatic nitrogens is 3. The highest BCUT2D eigenvalue weighted by atomic mass is 32.2. The predicted octanol–water partition coefficient (Wildman–Crippen LogP) is 2.67. The van der Waals surface area contributed by atoms with Crippen molar-refractivity contribution in [1.82, 2.24) is 14.8 Å². The minimum Gasteiger partial charge on any atom is -0.496 e. The standard InChI is InChI=1S/C13H14N4O3S/c1-3-6-16-9-14-15-13(16)21-8-10-7-11(17(18)19)4-5-12(10)20-2/h3-5,7,9H,1,6,8H2,2H3. The number of ether oxygens (including phenoxy) is 1.